The number of piperidine rings is 1. The Bertz CT molecular complexity index is 329. The highest BCUT2D eigenvalue weighted by Crippen LogP contribution is 2.46. The molecule has 0 aromatic heterocycles. The van der Waals surface area contributed by atoms with Crippen molar-refractivity contribution in [2.24, 2.45) is 5.41 Å². The van der Waals surface area contributed by atoms with E-state index in [-0.39, 0.29) is 23.8 Å². The van der Waals surface area contributed by atoms with Gasteiger partial charge in [-0.05, 0) is 24.7 Å². The van der Waals surface area contributed by atoms with Crippen LogP contribution in [0.4, 0.5) is 0 Å². The molecule has 0 aromatic carbocycles. The van der Waals surface area contributed by atoms with E-state index in [2.05, 4.69) is 0 Å². The molecule has 1 N–H and O–H groups in total. The van der Waals surface area contributed by atoms with Gasteiger partial charge in [-0.15, -0.1) is 0 Å². The standard InChI is InChI=1S/C14H23NO4/c1-19-10-11(16)4-7-15-12(17)8-14(9-13(15)18)5-2-3-6-14/h11,16H,2-10H2,1H3. The minimum atomic E-state index is -0.618. The number of rotatable bonds is 5. The van der Waals surface area contributed by atoms with Gasteiger partial charge in [0.05, 0.1) is 12.7 Å². The first kappa shape index (κ1) is 14.5. The van der Waals surface area contributed by atoms with E-state index in [9.17, 15) is 14.7 Å². The third-order valence-corrected chi connectivity index (χ3v) is 4.36. The molecule has 1 aliphatic carbocycles. The average Bonchev–Trinajstić information content (AvgIpc) is 2.76. The molecule has 1 aliphatic heterocycles. The van der Waals surface area contributed by atoms with E-state index in [4.69, 9.17) is 4.74 Å². The van der Waals surface area contributed by atoms with Crippen LogP contribution < -0.4 is 0 Å². The summed E-state index contributed by atoms with van der Waals surface area (Å²) in [5.74, 6) is -0.134. The van der Waals surface area contributed by atoms with Gasteiger partial charge in [0, 0.05) is 26.5 Å². The molecular weight excluding hydrogens is 246 g/mol. The van der Waals surface area contributed by atoms with Gasteiger partial charge in [-0.3, -0.25) is 14.5 Å². The summed E-state index contributed by atoms with van der Waals surface area (Å²) in [5.41, 5.74) is -0.0458. The van der Waals surface area contributed by atoms with Crippen LogP contribution >= 0.6 is 0 Å². The van der Waals surface area contributed by atoms with E-state index in [1.54, 1.807) is 0 Å². The third kappa shape index (κ3) is 3.34. The Morgan fingerprint density at radius 3 is 2.37 bits per heavy atom. The van der Waals surface area contributed by atoms with Gasteiger partial charge < -0.3 is 9.84 Å². The van der Waals surface area contributed by atoms with Gasteiger partial charge in [0.25, 0.3) is 0 Å². The molecule has 1 saturated heterocycles. The lowest BCUT2D eigenvalue weighted by atomic mass is 9.76. The average molecular weight is 269 g/mol. The molecule has 19 heavy (non-hydrogen) atoms. The van der Waals surface area contributed by atoms with E-state index in [0.29, 0.717) is 25.8 Å². The summed E-state index contributed by atoms with van der Waals surface area (Å²) >= 11 is 0. The molecule has 108 valence electrons. The molecule has 2 aliphatic rings. The molecule has 2 rings (SSSR count). The van der Waals surface area contributed by atoms with Crippen LogP contribution in [-0.4, -0.2) is 48.2 Å². The fourth-order valence-electron chi connectivity index (χ4n) is 3.32. The minimum absolute atomic E-state index is 0.0458. The van der Waals surface area contributed by atoms with Crippen molar-refractivity contribution in [3.8, 4) is 0 Å². The van der Waals surface area contributed by atoms with Crippen LogP contribution in [0.1, 0.15) is 44.9 Å². The zero-order valence-electron chi connectivity index (χ0n) is 11.6. The summed E-state index contributed by atoms with van der Waals surface area (Å²) in [7, 11) is 1.52. The van der Waals surface area contributed by atoms with Gasteiger partial charge >= 0.3 is 0 Å². The zero-order chi connectivity index (χ0) is 13.9. The number of ether oxygens (including phenoxy) is 1. The van der Waals surface area contributed by atoms with Crippen molar-refractivity contribution in [1.82, 2.24) is 4.90 Å². The quantitative estimate of drug-likeness (QED) is 0.759. The summed E-state index contributed by atoms with van der Waals surface area (Å²) < 4.78 is 4.83. The van der Waals surface area contributed by atoms with Gasteiger partial charge in [0.2, 0.25) is 11.8 Å². The van der Waals surface area contributed by atoms with Crippen molar-refractivity contribution in [2.45, 2.75) is 51.0 Å². The number of imide groups is 1. The Balaban J connectivity index is 1.89. The van der Waals surface area contributed by atoms with Gasteiger partial charge in [-0.25, -0.2) is 0 Å². The Morgan fingerprint density at radius 1 is 1.26 bits per heavy atom. The molecule has 1 atom stereocenters. The summed E-state index contributed by atoms with van der Waals surface area (Å²) in [6.07, 6.45) is 5.04. The SMILES string of the molecule is COCC(O)CCN1C(=O)CC2(CCCC2)CC1=O. The first-order valence-corrected chi connectivity index (χ1v) is 7.06. The Morgan fingerprint density at radius 2 is 1.84 bits per heavy atom. The second-order valence-corrected chi connectivity index (χ2v) is 5.90. The number of nitrogens with zero attached hydrogens (tertiary/aromatic N) is 1. The molecule has 0 bridgehead atoms. The molecule has 2 fully saturated rings. The highest BCUT2D eigenvalue weighted by molar-refractivity contribution is 5.98. The van der Waals surface area contributed by atoms with Gasteiger partial charge in [0.1, 0.15) is 0 Å². The predicted molar refractivity (Wildman–Crippen MR) is 69.4 cm³/mol. The molecule has 1 unspecified atom stereocenters. The number of carbonyl (C=O) groups excluding carboxylic acids is 2. The van der Waals surface area contributed by atoms with Crippen molar-refractivity contribution < 1.29 is 19.4 Å². The topological polar surface area (TPSA) is 66.8 Å². The number of methoxy groups -OCH3 is 1. The summed E-state index contributed by atoms with van der Waals surface area (Å²) in [5, 5.41) is 9.58. The maximum absolute atomic E-state index is 12.1. The van der Waals surface area contributed by atoms with Gasteiger partial charge in [-0.2, -0.15) is 0 Å². The predicted octanol–water partition coefficient (Wildman–Crippen LogP) is 1.09. The Kier molecular flexibility index (Phi) is 4.58. The smallest absolute Gasteiger partial charge is 0.229 e. The third-order valence-electron chi connectivity index (χ3n) is 4.36. The number of amides is 2. The van der Waals surface area contributed by atoms with Crippen LogP contribution in [0.25, 0.3) is 0 Å². The Labute approximate surface area is 113 Å². The van der Waals surface area contributed by atoms with Crippen molar-refractivity contribution >= 4 is 11.8 Å². The van der Waals surface area contributed by atoms with E-state index in [1.807, 2.05) is 0 Å². The summed E-state index contributed by atoms with van der Waals surface area (Å²) in [6.45, 7) is 0.540. The molecule has 5 heteroatoms. The number of hydrogen-bond acceptors (Lipinski definition) is 4. The van der Waals surface area contributed by atoms with Crippen LogP contribution in [0.5, 0.6) is 0 Å². The first-order valence-electron chi connectivity index (χ1n) is 7.06. The molecule has 1 saturated carbocycles. The minimum Gasteiger partial charge on any atom is -0.391 e. The van der Waals surface area contributed by atoms with E-state index in [0.717, 1.165) is 25.7 Å². The normalized spacial score (nSPS) is 24.2. The number of aliphatic hydroxyl groups excluding tert-OH is 1. The second kappa shape index (κ2) is 6.01. The molecule has 0 radical (unpaired) electrons. The van der Waals surface area contributed by atoms with Crippen molar-refractivity contribution in [2.75, 3.05) is 20.3 Å². The Hall–Kier alpha value is -0.940. The first-order chi connectivity index (χ1) is 9.06. The monoisotopic (exact) mass is 269 g/mol. The number of carbonyl (C=O) groups is 2. The van der Waals surface area contributed by atoms with Crippen LogP contribution in [0, 0.1) is 5.41 Å². The molecule has 5 nitrogen and oxygen atoms in total. The largest absolute Gasteiger partial charge is 0.391 e. The molecular formula is C14H23NO4. The van der Waals surface area contributed by atoms with Crippen molar-refractivity contribution in [3.63, 3.8) is 0 Å². The number of aliphatic hydroxyl groups is 1. The molecule has 1 spiro atoms. The molecule has 0 aromatic rings. The fraction of sp³-hybridized carbons (Fsp3) is 0.857. The van der Waals surface area contributed by atoms with Gasteiger partial charge in [0.15, 0.2) is 0 Å². The molecule has 1 heterocycles. The van der Waals surface area contributed by atoms with Crippen LogP contribution in [0.2, 0.25) is 0 Å². The number of hydrogen-bond donors (Lipinski definition) is 1. The lowest BCUT2D eigenvalue weighted by Gasteiger charge is -2.37. The van der Waals surface area contributed by atoms with E-state index >= 15 is 0 Å². The lowest BCUT2D eigenvalue weighted by molar-refractivity contribution is -0.153. The zero-order valence-corrected chi connectivity index (χ0v) is 11.6. The summed E-state index contributed by atoms with van der Waals surface area (Å²) in [6, 6.07) is 0. The molecule has 2 amide bonds. The highest BCUT2D eigenvalue weighted by atomic mass is 16.5. The van der Waals surface area contributed by atoms with Gasteiger partial charge in [-0.1, -0.05) is 12.8 Å². The second-order valence-electron chi connectivity index (χ2n) is 5.90. The van der Waals surface area contributed by atoms with E-state index in [1.165, 1.54) is 12.0 Å². The van der Waals surface area contributed by atoms with Crippen LogP contribution in [0.15, 0.2) is 0 Å². The maximum atomic E-state index is 12.1. The maximum Gasteiger partial charge on any atom is 0.229 e. The lowest BCUT2D eigenvalue weighted by Crippen LogP contribution is -2.48. The van der Waals surface area contributed by atoms with Crippen LogP contribution in [0.3, 0.4) is 0 Å². The van der Waals surface area contributed by atoms with Crippen molar-refractivity contribution in [1.29, 1.82) is 0 Å². The van der Waals surface area contributed by atoms with Crippen molar-refractivity contribution in [3.05, 3.63) is 0 Å². The summed E-state index contributed by atoms with van der Waals surface area (Å²) in [4.78, 5) is 25.6. The van der Waals surface area contributed by atoms with E-state index < -0.39 is 6.10 Å². The highest BCUT2D eigenvalue weighted by Gasteiger charge is 2.44. The fourth-order valence-corrected chi connectivity index (χ4v) is 3.32. The van der Waals surface area contributed by atoms with Crippen LogP contribution in [-0.2, 0) is 14.3 Å². The number of likely N-dealkylation sites (tertiary alicyclic amines) is 1.